The van der Waals surface area contributed by atoms with Crippen LogP contribution in [0.4, 0.5) is 5.82 Å². The van der Waals surface area contributed by atoms with E-state index < -0.39 is 0 Å². The Labute approximate surface area is 103 Å². The number of hydrogen-bond acceptors (Lipinski definition) is 4. The summed E-state index contributed by atoms with van der Waals surface area (Å²) in [5.41, 5.74) is 1.11. The summed E-state index contributed by atoms with van der Waals surface area (Å²) >= 11 is 0. The van der Waals surface area contributed by atoms with Crippen LogP contribution in [0.2, 0.25) is 0 Å². The van der Waals surface area contributed by atoms with Gasteiger partial charge < -0.3 is 10.0 Å². The van der Waals surface area contributed by atoms with Crippen molar-refractivity contribution in [2.45, 2.75) is 39.2 Å². The number of rotatable bonds is 3. The molecular formula is C13H21N3O. The second-order valence-electron chi connectivity index (χ2n) is 4.90. The van der Waals surface area contributed by atoms with Gasteiger partial charge in [-0.25, -0.2) is 9.97 Å². The van der Waals surface area contributed by atoms with E-state index in [1.54, 1.807) is 6.33 Å². The quantitative estimate of drug-likeness (QED) is 0.865. The lowest BCUT2D eigenvalue weighted by molar-refractivity contribution is 0.0969. The first-order valence-corrected chi connectivity index (χ1v) is 6.44. The van der Waals surface area contributed by atoms with Gasteiger partial charge in [0.25, 0.3) is 0 Å². The van der Waals surface area contributed by atoms with Crippen molar-refractivity contribution in [1.29, 1.82) is 0 Å². The SMILES string of the molecule is CCCc1cc(N2CCC(O)C(C)C2)ncn1. The Hall–Kier alpha value is -1.16. The average Bonchev–Trinajstić information content (AvgIpc) is 2.33. The number of aliphatic hydroxyl groups excluding tert-OH is 1. The van der Waals surface area contributed by atoms with Gasteiger partial charge in [-0.05, 0) is 18.8 Å². The molecule has 2 atom stereocenters. The van der Waals surface area contributed by atoms with Crippen molar-refractivity contribution in [2.75, 3.05) is 18.0 Å². The van der Waals surface area contributed by atoms with Gasteiger partial charge in [0.2, 0.25) is 0 Å². The summed E-state index contributed by atoms with van der Waals surface area (Å²) in [6, 6.07) is 2.08. The molecule has 4 heteroatoms. The van der Waals surface area contributed by atoms with Gasteiger partial charge in [0.05, 0.1) is 6.10 Å². The number of hydrogen-bond donors (Lipinski definition) is 1. The third-order valence-electron chi connectivity index (χ3n) is 3.40. The van der Waals surface area contributed by atoms with E-state index in [1.165, 1.54) is 0 Å². The molecule has 0 spiro atoms. The lowest BCUT2D eigenvalue weighted by atomic mass is 9.97. The minimum Gasteiger partial charge on any atom is -0.393 e. The highest BCUT2D eigenvalue weighted by atomic mass is 16.3. The number of aromatic nitrogens is 2. The van der Waals surface area contributed by atoms with E-state index in [-0.39, 0.29) is 6.10 Å². The van der Waals surface area contributed by atoms with Crippen LogP contribution in [-0.4, -0.2) is 34.3 Å². The number of aryl methyl sites for hydroxylation is 1. The Bertz CT molecular complexity index is 369. The van der Waals surface area contributed by atoms with Gasteiger partial charge in [0.15, 0.2) is 0 Å². The molecule has 17 heavy (non-hydrogen) atoms. The van der Waals surface area contributed by atoms with Crippen LogP contribution < -0.4 is 4.90 Å². The van der Waals surface area contributed by atoms with Crippen LogP contribution in [-0.2, 0) is 6.42 Å². The molecule has 94 valence electrons. The van der Waals surface area contributed by atoms with Crippen molar-refractivity contribution < 1.29 is 5.11 Å². The molecule has 1 aliphatic rings. The van der Waals surface area contributed by atoms with Gasteiger partial charge in [0.1, 0.15) is 12.1 Å². The highest BCUT2D eigenvalue weighted by Gasteiger charge is 2.24. The van der Waals surface area contributed by atoms with Gasteiger partial charge in [-0.15, -0.1) is 0 Å². The molecular weight excluding hydrogens is 214 g/mol. The normalized spacial score (nSPS) is 25.0. The van der Waals surface area contributed by atoms with Crippen LogP contribution >= 0.6 is 0 Å². The van der Waals surface area contributed by atoms with Crippen LogP contribution in [0.15, 0.2) is 12.4 Å². The Morgan fingerprint density at radius 1 is 1.47 bits per heavy atom. The van der Waals surface area contributed by atoms with E-state index in [9.17, 15) is 5.11 Å². The van der Waals surface area contributed by atoms with Crippen molar-refractivity contribution in [3.05, 3.63) is 18.1 Å². The molecule has 0 aromatic carbocycles. The minimum absolute atomic E-state index is 0.164. The number of anilines is 1. The zero-order valence-corrected chi connectivity index (χ0v) is 10.6. The van der Waals surface area contributed by atoms with Crippen molar-refractivity contribution >= 4 is 5.82 Å². The van der Waals surface area contributed by atoms with Crippen LogP contribution in [0.25, 0.3) is 0 Å². The van der Waals surface area contributed by atoms with Crippen molar-refractivity contribution in [1.82, 2.24) is 9.97 Å². The minimum atomic E-state index is -0.164. The van der Waals surface area contributed by atoms with E-state index in [0.29, 0.717) is 5.92 Å². The smallest absolute Gasteiger partial charge is 0.132 e. The van der Waals surface area contributed by atoms with Gasteiger partial charge in [-0.2, -0.15) is 0 Å². The zero-order chi connectivity index (χ0) is 12.3. The number of piperidine rings is 1. The molecule has 2 rings (SSSR count). The Kier molecular flexibility index (Phi) is 3.94. The van der Waals surface area contributed by atoms with E-state index in [1.807, 2.05) is 0 Å². The maximum Gasteiger partial charge on any atom is 0.132 e. The van der Waals surface area contributed by atoms with Gasteiger partial charge in [-0.1, -0.05) is 20.3 Å². The standard InChI is InChI=1S/C13H21N3O/c1-3-4-11-7-13(15-9-14-11)16-6-5-12(17)10(2)8-16/h7,9-10,12,17H,3-6,8H2,1-2H3. The molecule has 1 aromatic heterocycles. The predicted octanol–water partition coefficient (Wildman–Crippen LogP) is 1.64. The zero-order valence-electron chi connectivity index (χ0n) is 10.6. The highest BCUT2D eigenvalue weighted by Crippen LogP contribution is 2.21. The van der Waals surface area contributed by atoms with E-state index in [0.717, 1.165) is 43.9 Å². The number of nitrogens with zero attached hydrogens (tertiary/aromatic N) is 3. The molecule has 0 aliphatic carbocycles. The lowest BCUT2D eigenvalue weighted by Crippen LogP contribution is -2.42. The summed E-state index contributed by atoms with van der Waals surface area (Å²) in [4.78, 5) is 10.9. The van der Waals surface area contributed by atoms with E-state index in [4.69, 9.17) is 0 Å². The second-order valence-corrected chi connectivity index (χ2v) is 4.90. The van der Waals surface area contributed by atoms with Crippen LogP contribution in [0.3, 0.4) is 0 Å². The Balaban J connectivity index is 2.09. The molecule has 2 heterocycles. The third kappa shape index (κ3) is 2.94. The Morgan fingerprint density at radius 3 is 3.00 bits per heavy atom. The van der Waals surface area contributed by atoms with Crippen molar-refractivity contribution in [3.63, 3.8) is 0 Å². The van der Waals surface area contributed by atoms with Crippen molar-refractivity contribution in [3.8, 4) is 0 Å². The molecule has 0 amide bonds. The molecule has 1 aromatic rings. The fourth-order valence-electron chi connectivity index (χ4n) is 2.29. The van der Waals surface area contributed by atoms with Crippen LogP contribution in [0.5, 0.6) is 0 Å². The highest BCUT2D eigenvalue weighted by molar-refractivity contribution is 5.39. The second kappa shape index (κ2) is 5.45. The molecule has 1 fully saturated rings. The molecule has 0 bridgehead atoms. The molecule has 1 N–H and O–H groups in total. The average molecular weight is 235 g/mol. The fourth-order valence-corrected chi connectivity index (χ4v) is 2.29. The first kappa shape index (κ1) is 12.3. The third-order valence-corrected chi connectivity index (χ3v) is 3.40. The summed E-state index contributed by atoms with van der Waals surface area (Å²) in [6.45, 7) is 6.00. The summed E-state index contributed by atoms with van der Waals surface area (Å²) < 4.78 is 0. The molecule has 0 saturated carbocycles. The molecule has 0 radical (unpaired) electrons. The van der Waals surface area contributed by atoms with E-state index in [2.05, 4.69) is 34.8 Å². The molecule has 2 unspecified atom stereocenters. The number of aliphatic hydroxyl groups is 1. The first-order chi connectivity index (χ1) is 8.20. The maximum absolute atomic E-state index is 9.72. The topological polar surface area (TPSA) is 49.2 Å². The predicted molar refractivity (Wildman–Crippen MR) is 68.0 cm³/mol. The first-order valence-electron chi connectivity index (χ1n) is 6.44. The lowest BCUT2D eigenvalue weighted by Gasteiger charge is -2.35. The summed E-state index contributed by atoms with van der Waals surface area (Å²) in [5.74, 6) is 1.32. The van der Waals surface area contributed by atoms with Crippen LogP contribution in [0.1, 0.15) is 32.4 Å². The van der Waals surface area contributed by atoms with Gasteiger partial charge in [0, 0.05) is 24.8 Å². The monoisotopic (exact) mass is 235 g/mol. The Morgan fingerprint density at radius 2 is 2.29 bits per heavy atom. The molecule has 1 aliphatic heterocycles. The fraction of sp³-hybridized carbons (Fsp3) is 0.692. The van der Waals surface area contributed by atoms with E-state index >= 15 is 0 Å². The van der Waals surface area contributed by atoms with Crippen LogP contribution in [0, 0.1) is 5.92 Å². The molecule has 4 nitrogen and oxygen atoms in total. The van der Waals surface area contributed by atoms with Gasteiger partial charge >= 0.3 is 0 Å². The summed E-state index contributed by atoms with van der Waals surface area (Å²) in [6.07, 6.45) is 4.42. The maximum atomic E-state index is 9.72. The molecule has 1 saturated heterocycles. The van der Waals surface area contributed by atoms with Gasteiger partial charge in [-0.3, -0.25) is 0 Å². The summed E-state index contributed by atoms with van der Waals surface area (Å²) in [7, 11) is 0. The van der Waals surface area contributed by atoms with Crippen molar-refractivity contribution in [2.24, 2.45) is 5.92 Å². The largest absolute Gasteiger partial charge is 0.393 e. The summed E-state index contributed by atoms with van der Waals surface area (Å²) in [5, 5.41) is 9.72.